The number of carbonyl (C=O) groups excluding carboxylic acids is 2. The number of hydrogen-bond donors (Lipinski definition) is 4. The molecule has 36 heavy (non-hydrogen) atoms. The Hall–Kier alpha value is -4.18. The second-order valence-electron chi connectivity index (χ2n) is 8.94. The molecule has 10 heteroatoms. The van der Waals surface area contributed by atoms with Gasteiger partial charge in [-0.25, -0.2) is 4.79 Å². The zero-order valence-corrected chi connectivity index (χ0v) is 19.9. The summed E-state index contributed by atoms with van der Waals surface area (Å²) in [5.41, 5.74) is 9.82. The van der Waals surface area contributed by atoms with Gasteiger partial charge in [0.15, 0.2) is 0 Å². The molecule has 0 spiro atoms. The van der Waals surface area contributed by atoms with Crippen LogP contribution in [0.25, 0.3) is 0 Å². The SMILES string of the molecule is Cc1ccccc1NC(=O)Nc1ccc(CC(=O)N2CC(N)CC2c2cc(CCC(=O)O)on2)cc1. The quantitative estimate of drug-likeness (QED) is 0.376. The summed E-state index contributed by atoms with van der Waals surface area (Å²) in [6.45, 7) is 2.32. The van der Waals surface area contributed by atoms with Crippen LogP contribution in [0.15, 0.2) is 59.1 Å². The van der Waals surface area contributed by atoms with Crippen LogP contribution in [-0.2, 0) is 22.4 Å². The molecule has 1 saturated heterocycles. The largest absolute Gasteiger partial charge is 0.481 e. The second-order valence-corrected chi connectivity index (χ2v) is 8.94. The smallest absolute Gasteiger partial charge is 0.323 e. The fourth-order valence-corrected chi connectivity index (χ4v) is 4.24. The van der Waals surface area contributed by atoms with Crippen molar-refractivity contribution in [1.29, 1.82) is 0 Å². The van der Waals surface area contributed by atoms with Crippen LogP contribution in [0.5, 0.6) is 0 Å². The lowest BCUT2D eigenvalue weighted by atomic mass is 10.1. The zero-order chi connectivity index (χ0) is 25.7. The number of rotatable bonds is 8. The Morgan fingerprint density at radius 2 is 1.89 bits per heavy atom. The molecule has 2 unspecified atom stereocenters. The predicted molar refractivity (Wildman–Crippen MR) is 133 cm³/mol. The van der Waals surface area contributed by atoms with Gasteiger partial charge in [-0.1, -0.05) is 35.5 Å². The Labute approximate surface area is 208 Å². The maximum absolute atomic E-state index is 13.1. The third-order valence-corrected chi connectivity index (χ3v) is 6.12. The molecule has 1 aliphatic heterocycles. The molecular weight excluding hydrogens is 462 g/mol. The number of urea groups is 1. The van der Waals surface area contributed by atoms with E-state index in [1.165, 1.54) is 0 Å². The first-order valence-corrected chi connectivity index (χ1v) is 11.7. The van der Waals surface area contributed by atoms with Gasteiger partial charge in [-0.05, 0) is 42.7 Å². The highest BCUT2D eigenvalue weighted by Crippen LogP contribution is 2.32. The number of nitrogens with zero attached hydrogens (tertiary/aromatic N) is 2. The minimum Gasteiger partial charge on any atom is -0.481 e. The van der Waals surface area contributed by atoms with E-state index in [0.717, 1.165) is 16.8 Å². The highest BCUT2D eigenvalue weighted by Gasteiger charge is 2.36. The molecule has 3 amide bonds. The fourth-order valence-electron chi connectivity index (χ4n) is 4.24. The molecule has 1 fully saturated rings. The van der Waals surface area contributed by atoms with Gasteiger partial charge in [0, 0.05) is 36.4 Å². The van der Waals surface area contributed by atoms with Crippen LogP contribution in [0.3, 0.4) is 0 Å². The van der Waals surface area contributed by atoms with Crippen molar-refractivity contribution in [2.24, 2.45) is 5.73 Å². The number of nitrogens with two attached hydrogens (primary N) is 1. The van der Waals surface area contributed by atoms with E-state index in [1.807, 2.05) is 31.2 Å². The molecular formula is C26H29N5O5. The summed E-state index contributed by atoms with van der Waals surface area (Å²) in [5.74, 6) is -0.545. The number of aromatic nitrogens is 1. The first kappa shape index (κ1) is 24.9. The molecule has 10 nitrogen and oxygen atoms in total. The number of nitrogens with one attached hydrogen (secondary N) is 2. The highest BCUT2D eigenvalue weighted by atomic mass is 16.5. The molecule has 0 saturated carbocycles. The third kappa shape index (κ3) is 6.28. The molecule has 1 aromatic heterocycles. The van der Waals surface area contributed by atoms with Crippen LogP contribution in [-0.4, -0.2) is 45.7 Å². The number of carboxylic acid groups (broad SMARTS) is 1. The van der Waals surface area contributed by atoms with Crippen molar-refractivity contribution in [1.82, 2.24) is 10.1 Å². The molecule has 188 valence electrons. The molecule has 0 aliphatic carbocycles. The van der Waals surface area contributed by atoms with Crippen LogP contribution in [0.4, 0.5) is 16.2 Å². The number of likely N-dealkylation sites (tertiary alicyclic amines) is 1. The Bertz CT molecular complexity index is 1240. The van der Waals surface area contributed by atoms with Crippen molar-refractivity contribution in [3.63, 3.8) is 0 Å². The predicted octanol–water partition coefficient (Wildman–Crippen LogP) is 3.49. The zero-order valence-electron chi connectivity index (χ0n) is 19.9. The maximum Gasteiger partial charge on any atom is 0.323 e. The topological polar surface area (TPSA) is 151 Å². The summed E-state index contributed by atoms with van der Waals surface area (Å²) in [6.07, 6.45) is 0.899. The summed E-state index contributed by atoms with van der Waals surface area (Å²) >= 11 is 0. The number of para-hydroxylation sites is 1. The molecule has 4 rings (SSSR count). The van der Waals surface area contributed by atoms with Crippen molar-refractivity contribution >= 4 is 29.3 Å². The lowest BCUT2D eigenvalue weighted by Crippen LogP contribution is -2.34. The number of anilines is 2. The lowest BCUT2D eigenvalue weighted by Gasteiger charge is -2.23. The van der Waals surface area contributed by atoms with Crippen LogP contribution < -0.4 is 16.4 Å². The summed E-state index contributed by atoms with van der Waals surface area (Å²) in [4.78, 5) is 37.9. The molecule has 2 heterocycles. The molecule has 2 atom stereocenters. The van der Waals surface area contributed by atoms with E-state index in [0.29, 0.717) is 30.1 Å². The fraction of sp³-hybridized carbons (Fsp3) is 0.308. The van der Waals surface area contributed by atoms with Gasteiger partial charge in [-0.15, -0.1) is 0 Å². The minimum atomic E-state index is -0.916. The number of carbonyl (C=O) groups is 3. The van der Waals surface area contributed by atoms with Crippen LogP contribution in [0.1, 0.15) is 41.5 Å². The van der Waals surface area contributed by atoms with Crippen molar-refractivity contribution in [2.75, 3.05) is 17.2 Å². The van der Waals surface area contributed by atoms with E-state index >= 15 is 0 Å². The Kier molecular flexibility index (Phi) is 7.65. The van der Waals surface area contributed by atoms with Gasteiger partial charge < -0.3 is 30.9 Å². The number of aliphatic carboxylic acids is 1. The summed E-state index contributed by atoms with van der Waals surface area (Å²) in [6, 6.07) is 15.5. The number of amides is 3. The lowest BCUT2D eigenvalue weighted by molar-refractivity contribution is -0.137. The van der Waals surface area contributed by atoms with E-state index in [4.69, 9.17) is 15.4 Å². The van der Waals surface area contributed by atoms with Gasteiger partial charge in [0.1, 0.15) is 11.5 Å². The van der Waals surface area contributed by atoms with Crippen molar-refractivity contribution in [2.45, 2.75) is 44.7 Å². The molecule has 2 aromatic carbocycles. The average Bonchev–Trinajstić information content (AvgIpc) is 3.47. The van der Waals surface area contributed by atoms with Gasteiger partial charge in [0.2, 0.25) is 5.91 Å². The number of aryl methyl sites for hydroxylation is 2. The molecule has 0 bridgehead atoms. The summed E-state index contributed by atoms with van der Waals surface area (Å²) < 4.78 is 5.27. The standard InChI is InChI=1S/C26H29N5O5/c1-16-4-2-3-5-21(16)29-26(35)28-19-8-6-17(7-9-19)12-24(32)31-15-18(27)13-23(31)22-14-20(36-30-22)10-11-25(33)34/h2-9,14,18,23H,10-13,15,27H2,1H3,(H,33,34)(H2,28,29,35). The van der Waals surface area contributed by atoms with Crippen LogP contribution in [0, 0.1) is 6.92 Å². The van der Waals surface area contributed by atoms with Crippen molar-refractivity contribution in [3.8, 4) is 0 Å². The first-order valence-electron chi connectivity index (χ1n) is 11.7. The second kappa shape index (κ2) is 11.0. The Morgan fingerprint density at radius 3 is 2.61 bits per heavy atom. The van der Waals surface area contributed by atoms with E-state index in [2.05, 4.69) is 15.8 Å². The normalized spacial score (nSPS) is 17.1. The van der Waals surface area contributed by atoms with E-state index in [9.17, 15) is 14.4 Å². The van der Waals surface area contributed by atoms with Gasteiger partial charge in [-0.3, -0.25) is 9.59 Å². The summed E-state index contributed by atoms with van der Waals surface area (Å²) in [5, 5.41) is 18.5. The van der Waals surface area contributed by atoms with Crippen LogP contribution in [0.2, 0.25) is 0 Å². The minimum absolute atomic E-state index is 0.0557. The summed E-state index contributed by atoms with van der Waals surface area (Å²) in [7, 11) is 0. The van der Waals surface area contributed by atoms with Gasteiger partial charge in [0.25, 0.3) is 0 Å². The molecule has 3 aromatic rings. The number of carboxylic acids is 1. The van der Waals surface area contributed by atoms with Crippen LogP contribution >= 0.6 is 0 Å². The third-order valence-electron chi connectivity index (χ3n) is 6.12. The van der Waals surface area contributed by atoms with Crippen molar-refractivity contribution < 1.29 is 24.0 Å². The molecule has 1 aliphatic rings. The van der Waals surface area contributed by atoms with Crippen molar-refractivity contribution in [3.05, 3.63) is 77.2 Å². The Morgan fingerprint density at radius 1 is 1.14 bits per heavy atom. The van der Waals surface area contributed by atoms with Gasteiger partial charge in [0.05, 0.1) is 18.9 Å². The van der Waals surface area contributed by atoms with Gasteiger partial charge in [-0.2, -0.15) is 0 Å². The van der Waals surface area contributed by atoms with E-state index in [-0.39, 0.29) is 43.3 Å². The first-order chi connectivity index (χ1) is 17.3. The maximum atomic E-state index is 13.1. The monoisotopic (exact) mass is 491 g/mol. The number of benzene rings is 2. The van der Waals surface area contributed by atoms with E-state index < -0.39 is 5.97 Å². The Balaban J connectivity index is 1.35. The van der Waals surface area contributed by atoms with E-state index in [1.54, 1.807) is 35.2 Å². The number of hydrogen-bond acceptors (Lipinski definition) is 6. The average molecular weight is 492 g/mol. The van der Waals surface area contributed by atoms with Gasteiger partial charge >= 0.3 is 12.0 Å². The highest BCUT2D eigenvalue weighted by molar-refractivity contribution is 6.00. The molecule has 0 radical (unpaired) electrons. The molecule has 5 N–H and O–H groups in total.